The summed E-state index contributed by atoms with van der Waals surface area (Å²) in [6.07, 6.45) is 0.912. The van der Waals surface area contributed by atoms with Crippen molar-refractivity contribution in [2.45, 2.75) is 41.5 Å². The van der Waals surface area contributed by atoms with Crippen LogP contribution in [0.2, 0.25) is 0 Å². The zero-order chi connectivity index (χ0) is 12.1. The van der Waals surface area contributed by atoms with Gasteiger partial charge in [0.05, 0.1) is 0 Å². The number of urea groups is 1. The molecule has 0 aromatic heterocycles. The maximum atomic E-state index is 9.49. The third-order valence-corrected chi connectivity index (χ3v) is 0.214. The van der Waals surface area contributed by atoms with E-state index in [9.17, 15) is 4.79 Å². The minimum Gasteiger partial charge on any atom is -0.518 e. The van der Waals surface area contributed by atoms with Crippen molar-refractivity contribution < 1.29 is 4.79 Å². The van der Waals surface area contributed by atoms with Gasteiger partial charge in [0, 0.05) is 0 Å². The van der Waals surface area contributed by atoms with E-state index in [-0.39, 0.29) is 37.7 Å². The maximum absolute atomic E-state index is 9.49. The van der Waals surface area contributed by atoms with Crippen LogP contribution in [0.1, 0.15) is 41.5 Å². The van der Waals surface area contributed by atoms with Crippen molar-refractivity contribution in [3.05, 3.63) is 30.3 Å². The fourth-order valence-corrected chi connectivity index (χ4v) is 0.0757. The number of carbonyl (C=O) groups excluding carboxylic acids is 1. The molecule has 0 fully saturated rings. The van der Waals surface area contributed by atoms with Gasteiger partial charge in [-0.2, -0.15) is 41.5 Å². The first kappa shape index (κ1) is 24.5. The Labute approximate surface area is 125 Å². The smallest absolute Gasteiger partial charge is 0.518 e. The van der Waals surface area contributed by atoms with Gasteiger partial charge in [-0.1, -0.05) is 0 Å². The number of rotatable bonds is 1. The van der Waals surface area contributed by atoms with Crippen LogP contribution in [0.5, 0.6) is 0 Å². The van der Waals surface area contributed by atoms with E-state index in [2.05, 4.69) is 48.1 Å². The van der Waals surface area contributed by atoms with Gasteiger partial charge >= 0.3 is 37.7 Å². The summed E-state index contributed by atoms with van der Waals surface area (Å²) in [5.41, 5.74) is 6.12. The van der Waals surface area contributed by atoms with Gasteiger partial charge in [0.2, 0.25) is 0 Å². The second-order valence-electron chi connectivity index (χ2n) is 3.64. The predicted molar refractivity (Wildman–Crippen MR) is 68.0 cm³/mol. The summed E-state index contributed by atoms with van der Waals surface area (Å²) in [5.74, 6) is 2.83. The zero-order valence-electron chi connectivity index (χ0n) is 10.8. The molecular weight excluding hydrogens is 216 g/mol. The van der Waals surface area contributed by atoms with Gasteiger partial charge in [0.15, 0.2) is 6.03 Å². The fraction of sp³-hybridized carbons (Fsp3) is 0.545. The van der Waals surface area contributed by atoms with E-state index >= 15 is 0 Å². The summed E-state index contributed by atoms with van der Waals surface area (Å²) in [4.78, 5) is 9.49. The largest absolute Gasteiger partial charge is 2.00 e. The summed E-state index contributed by atoms with van der Waals surface area (Å²) in [6.45, 7) is 17.2. The standard InChI is InChI=1S/2C4H9.C3H5N2O.Ca/c2*1-4(2)3;1-2-5-3(4)6;/h2*1-3H3;1-2H,(H3,4,5,6);/q3*-1;+2/p-1. The van der Waals surface area contributed by atoms with Crippen molar-refractivity contribution in [1.82, 2.24) is 5.32 Å². The Hall–Kier alpha value is 0.270. The van der Waals surface area contributed by atoms with E-state index in [1.807, 2.05) is 5.32 Å². The average Bonchev–Trinajstić information content (AvgIpc) is 1.82. The third-order valence-electron chi connectivity index (χ3n) is 0.214. The van der Waals surface area contributed by atoms with Crippen LogP contribution in [0.4, 0.5) is 4.79 Å². The molecule has 0 spiro atoms. The number of carbonyl (C=O) groups is 1. The normalized spacial score (nSPS) is 7.47. The quantitative estimate of drug-likeness (QED) is 0.551. The Balaban J connectivity index is -0.0000000606. The first-order chi connectivity index (χ1) is 6.23. The molecule has 0 saturated heterocycles. The molecule has 0 aromatic carbocycles. The van der Waals surface area contributed by atoms with Crippen molar-refractivity contribution in [1.29, 1.82) is 0 Å². The minimum atomic E-state index is -0.891. The molecule has 0 radical (unpaired) electrons. The van der Waals surface area contributed by atoms with Gasteiger partial charge in [-0.05, 0) is 0 Å². The molecule has 0 bridgehead atoms. The minimum absolute atomic E-state index is 0. The molecule has 4 heteroatoms. The Morgan fingerprint density at radius 2 is 1.33 bits per heavy atom. The molecule has 2 amide bonds. The van der Waals surface area contributed by atoms with Crippen molar-refractivity contribution in [3.8, 4) is 0 Å². The van der Waals surface area contributed by atoms with E-state index in [0.717, 1.165) is 6.20 Å². The van der Waals surface area contributed by atoms with Crippen LogP contribution in [0.15, 0.2) is 6.20 Å². The van der Waals surface area contributed by atoms with Gasteiger partial charge in [-0.3, -0.25) is 11.0 Å². The van der Waals surface area contributed by atoms with E-state index in [1.165, 1.54) is 11.8 Å². The molecule has 0 unspecified atom stereocenters. The molecule has 0 saturated carbocycles. The van der Waals surface area contributed by atoms with E-state index in [0.29, 0.717) is 0 Å². The first-order valence-corrected chi connectivity index (χ1v) is 4.33. The van der Waals surface area contributed by atoms with E-state index < -0.39 is 6.03 Å². The summed E-state index contributed by atoms with van der Waals surface area (Å²) in [5, 5.41) is 1.89. The van der Waals surface area contributed by atoms with Crippen molar-refractivity contribution >= 4 is 43.8 Å². The number of hydrogen-bond acceptors (Lipinski definition) is 1. The summed E-state index contributed by atoms with van der Waals surface area (Å²) in [6, 6.07) is -0.891. The van der Waals surface area contributed by atoms with E-state index in [1.54, 1.807) is 0 Å². The molecule has 0 aliphatic carbocycles. The van der Waals surface area contributed by atoms with Crippen LogP contribution in [-0.2, 0) is 0 Å². The summed E-state index contributed by atoms with van der Waals surface area (Å²) in [7, 11) is 0. The predicted octanol–water partition coefficient (Wildman–Crippen LogP) is 3.56. The first-order valence-electron chi connectivity index (χ1n) is 4.33. The van der Waals surface area contributed by atoms with Crippen molar-refractivity contribution in [2.75, 3.05) is 0 Å². The Kier molecular flexibility index (Phi) is 32.3. The average molecular weight is 238 g/mol. The number of nitrogens with one attached hydrogen (secondary N) is 2. The molecule has 0 heterocycles. The molecule has 2 N–H and O–H groups in total. The van der Waals surface area contributed by atoms with Crippen LogP contribution in [-0.4, -0.2) is 43.8 Å². The monoisotopic (exact) mass is 238 g/mol. The van der Waals surface area contributed by atoms with Gasteiger partial charge in [0.25, 0.3) is 0 Å². The number of hydrogen-bond donors (Lipinski definition) is 1. The molecule has 3 nitrogen and oxygen atoms in total. The number of amides is 2. The second kappa shape index (κ2) is 19.8. The second-order valence-corrected chi connectivity index (χ2v) is 3.64. The molecular formula is C11H22CaN2O-2. The van der Waals surface area contributed by atoms with Crippen LogP contribution in [0.3, 0.4) is 0 Å². The molecule has 15 heavy (non-hydrogen) atoms. The SMILES string of the molecule is C[C-](C)C.C[C-](C)C.[CH-]=CNC([NH-])=O.[Ca+2]. The van der Waals surface area contributed by atoms with Crippen molar-refractivity contribution in [3.63, 3.8) is 0 Å². The van der Waals surface area contributed by atoms with Crippen molar-refractivity contribution in [2.24, 2.45) is 0 Å². The maximum Gasteiger partial charge on any atom is 2.00 e. The third kappa shape index (κ3) is 201. The molecule has 0 rings (SSSR count). The summed E-state index contributed by atoms with van der Waals surface area (Å²) >= 11 is 0. The Morgan fingerprint density at radius 1 is 1.13 bits per heavy atom. The van der Waals surface area contributed by atoms with Crippen LogP contribution < -0.4 is 5.32 Å². The van der Waals surface area contributed by atoms with Gasteiger partial charge in [-0.15, -0.1) is 0 Å². The molecule has 0 aliphatic rings. The molecule has 0 aromatic rings. The van der Waals surface area contributed by atoms with Crippen LogP contribution >= 0.6 is 0 Å². The van der Waals surface area contributed by atoms with Crippen LogP contribution in [0.25, 0.3) is 5.73 Å². The Morgan fingerprint density at radius 3 is 1.33 bits per heavy atom. The zero-order valence-corrected chi connectivity index (χ0v) is 13.0. The van der Waals surface area contributed by atoms with Gasteiger partial charge < -0.3 is 29.5 Å². The molecule has 0 atom stereocenters. The van der Waals surface area contributed by atoms with Gasteiger partial charge in [0.1, 0.15) is 0 Å². The Bertz CT molecular complexity index is 125. The fourth-order valence-electron chi connectivity index (χ4n) is 0.0757. The topological polar surface area (TPSA) is 52.9 Å². The molecule has 86 valence electrons. The van der Waals surface area contributed by atoms with E-state index in [4.69, 9.17) is 5.73 Å². The van der Waals surface area contributed by atoms with Crippen LogP contribution in [0, 0.1) is 18.4 Å². The molecule has 0 aliphatic heterocycles. The summed E-state index contributed by atoms with van der Waals surface area (Å²) < 4.78 is 0. The van der Waals surface area contributed by atoms with Gasteiger partial charge in [-0.25, -0.2) is 0 Å².